The van der Waals surface area contributed by atoms with E-state index >= 15 is 0 Å². The lowest BCUT2D eigenvalue weighted by molar-refractivity contribution is 0.253. The summed E-state index contributed by atoms with van der Waals surface area (Å²) < 4.78 is 0. The van der Waals surface area contributed by atoms with Gasteiger partial charge in [-0.2, -0.15) is 0 Å². The van der Waals surface area contributed by atoms with Crippen LogP contribution in [-0.2, 0) is 19.6 Å². The van der Waals surface area contributed by atoms with Crippen LogP contribution in [0.15, 0.2) is 72.8 Å². The van der Waals surface area contributed by atoms with Gasteiger partial charge in [0, 0.05) is 49.5 Å². The molecule has 0 heterocycles. The number of hydrogen-bond donors (Lipinski definition) is 4. The number of benzene rings is 3. The van der Waals surface area contributed by atoms with E-state index in [1.807, 2.05) is 60.7 Å². The van der Waals surface area contributed by atoms with Crippen molar-refractivity contribution in [3.8, 4) is 11.5 Å². The minimum absolute atomic E-state index is 0.302. The molecule has 0 aromatic heterocycles. The summed E-state index contributed by atoms with van der Waals surface area (Å²) in [5.41, 5.74) is 9.72. The second kappa shape index (κ2) is 9.78. The Morgan fingerprint density at radius 1 is 0.714 bits per heavy atom. The highest BCUT2D eigenvalue weighted by Gasteiger charge is 2.11. The zero-order valence-electron chi connectivity index (χ0n) is 15.9. The number of anilines is 1. The highest BCUT2D eigenvalue weighted by Crippen LogP contribution is 2.20. The number of phenolic OH excluding ortho intramolecular Hbond substituents is 2. The zero-order chi connectivity index (χ0) is 19.8. The van der Waals surface area contributed by atoms with Gasteiger partial charge in [0.15, 0.2) is 0 Å². The first kappa shape index (κ1) is 19.7. The number of para-hydroxylation sites is 3. The first-order valence-electron chi connectivity index (χ1n) is 9.43. The summed E-state index contributed by atoms with van der Waals surface area (Å²) in [5.74, 6) is 0.605. The van der Waals surface area contributed by atoms with Gasteiger partial charge in [-0.15, -0.1) is 0 Å². The minimum atomic E-state index is 0.302. The molecule has 0 saturated heterocycles. The lowest BCUT2D eigenvalue weighted by Crippen LogP contribution is -2.31. The quantitative estimate of drug-likeness (QED) is 0.339. The monoisotopic (exact) mass is 377 g/mol. The van der Waals surface area contributed by atoms with Crippen LogP contribution in [0.1, 0.15) is 16.7 Å². The van der Waals surface area contributed by atoms with E-state index in [-0.39, 0.29) is 0 Å². The molecule has 0 saturated carbocycles. The van der Waals surface area contributed by atoms with E-state index in [1.54, 1.807) is 12.1 Å². The molecular weight excluding hydrogens is 350 g/mol. The van der Waals surface area contributed by atoms with Gasteiger partial charge >= 0.3 is 0 Å². The van der Waals surface area contributed by atoms with Gasteiger partial charge < -0.3 is 21.3 Å². The topological polar surface area (TPSA) is 81.8 Å². The second-order valence-corrected chi connectivity index (χ2v) is 6.84. The Bertz CT molecular complexity index is 851. The molecule has 146 valence electrons. The minimum Gasteiger partial charge on any atom is -0.508 e. The van der Waals surface area contributed by atoms with Crippen molar-refractivity contribution in [2.24, 2.45) is 0 Å². The number of nitrogen functional groups attached to an aromatic ring is 1. The van der Waals surface area contributed by atoms with Crippen LogP contribution in [0.25, 0.3) is 0 Å². The molecule has 3 rings (SSSR count). The summed E-state index contributed by atoms with van der Waals surface area (Å²) in [6, 6.07) is 22.6. The van der Waals surface area contributed by atoms with Crippen molar-refractivity contribution in [3.05, 3.63) is 89.5 Å². The van der Waals surface area contributed by atoms with E-state index in [4.69, 9.17) is 5.73 Å². The predicted octanol–water partition coefficient (Wildman–Crippen LogP) is 3.47. The van der Waals surface area contributed by atoms with Crippen molar-refractivity contribution >= 4 is 5.69 Å². The van der Waals surface area contributed by atoms with Crippen LogP contribution in [-0.4, -0.2) is 28.2 Å². The largest absolute Gasteiger partial charge is 0.508 e. The molecule has 28 heavy (non-hydrogen) atoms. The van der Waals surface area contributed by atoms with Gasteiger partial charge in [0.25, 0.3) is 0 Å². The molecule has 0 unspecified atom stereocenters. The molecule has 3 aromatic carbocycles. The highest BCUT2D eigenvalue weighted by atomic mass is 16.3. The van der Waals surface area contributed by atoms with Gasteiger partial charge in [0.2, 0.25) is 0 Å². The fraction of sp³-hybridized carbons (Fsp3) is 0.217. The summed E-state index contributed by atoms with van der Waals surface area (Å²) in [7, 11) is 0. The Balaban J connectivity index is 1.63. The summed E-state index contributed by atoms with van der Waals surface area (Å²) in [4.78, 5) is 2.25. The normalized spacial score (nSPS) is 11.0. The highest BCUT2D eigenvalue weighted by molar-refractivity contribution is 5.46. The van der Waals surface area contributed by atoms with Gasteiger partial charge in [0.1, 0.15) is 11.5 Å². The van der Waals surface area contributed by atoms with Crippen LogP contribution < -0.4 is 11.1 Å². The van der Waals surface area contributed by atoms with E-state index < -0.39 is 0 Å². The molecule has 0 spiro atoms. The van der Waals surface area contributed by atoms with Crippen molar-refractivity contribution in [1.29, 1.82) is 0 Å². The Hall–Kier alpha value is -3.02. The van der Waals surface area contributed by atoms with Crippen LogP contribution in [0.2, 0.25) is 0 Å². The third-order valence-electron chi connectivity index (χ3n) is 4.75. The summed E-state index contributed by atoms with van der Waals surface area (Å²) >= 11 is 0. The molecule has 0 aliphatic rings. The van der Waals surface area contributed by atoms with Crippen LogP contribution in [0.3, 0.4) is 0 Å². The molecule has 0 atom stereocenters. The Labute approximate surface area is 166 Å². The smallest absolute Gasteiger partial charge is 0.120 e. The van der Waals surface area contributed by atoms with Gasteiger partial charge in [-0.1, -0.05) is 54.6 Å². The number of phenols is 2. The van der Waals surface area contributed by atoms with Gasteiger partial charge in [-0.25, -0.2) is 0 Å². The van der Waals surface area contributed by atoms with Crippen molar-refractivity contribution in [3.63, 3.8) is 0 Å². The van der Waals surface area contributed by atoms with Gasteiger partial charge in [0.05, 0.1) is 0 Å². The Morgan fingerprint density at radius 3 is 1.89 bits per heavy atom. The lowest BCUT2D eigenvalue weighted by atomic mass is 10.1. The molecule has 0 amide bonds. The number of nitrogens with two attached hydrogens (primary N) is 1. The molecule has 5 nitrogen and oxygen atoms in total. The Morgan fingerprint density at radius 2 is 1.25 bits per heavy atom. The fourth-order valence-corrected chi connectivity index (χ4v) is 3.14. The van der Waals surface area contributed by atoms with Crippen molar-refractivity contribution < 1.29 is 10.2 Å². The Kier molecular flexibility index (Phi) is 6.89. The SMILES string of the molecule is Nc1ccccc1CN(CCNCc1ccccc1O)Cc1ccccc1O. The fourth-order valence-electron chi connectivity index (χ4n) is 3.14. The van der Waals surface area contributed by atoms with Crippen LogP contribution in [0, 0.1) is 0 Å². The third kappa shape index (κ3) is 5.49. The van der Waals surface area contributed by atoms with E-state index in [1.165, 1.54) is 0 Å². The molecule has 5 heteroatoms. The summed E-state index contributed by atoms with van der Waals surface area (Å²) in [5, 5.41) is 23.4. The lowest BCUT2D eigenvalue weighted by Gasteiger charge is -2.24. The van der Waals surface area contributed by atoms with E-state index in [0.29, 0.717) is 31.1 Å². The third-order valence-corrected chi connectivity index (χ3v) is 4.75. The first-order chi connectivity index (χ1) is 13.6. The maximum Gasteiger partial charge on any atom is 0.120 e. The van der Waals surface area contributed by atoms with Gasteiger partial charge in [-0.05, 0) is 23.8 Å². The number of nitrogens with one attached hydrogen (secondary N) is 1. The maximum absolute atomic E-state index is 10.1. The maximum atomic E-state index is 10.1. The zero-order valence-corrected chi connectivity index (χ0v) is 15.9. The number of aromatic hydroxyl groups is 2. The first-order valence-corrected chi connectivity index (χ1v) is 9.43. The average Bonchev–Trinajstić information content (AvgIpc) is 2.70. The van der Waals surface area contributed by atoms with Crippen molar-refractivity contribution in [1.82, 2.24) is 10.2 Å². The number of nitrogens with zero attached hydrogens (tertiary/aromatic N) is 1. The summed E-state index contributed by atoms with van der Waals surface area (Å²) in [6.07, 6.45) is 0. The number of hydrogen-bond acceptors (Lipinski definition) is 5. The molecule has 0 radical (unpaired) electrons. The van der Waals surface area contributed by atoms with E-state index in [9.17, 15) is 10.2 Å². The molecular formula is C23H27N3O2. The van der Waals surface area contributed by atoms with Crippen LogP contribution in [0.5, 0.6) is 11.5 Å². The number of rotatable bonds is 9. The molecule has 3 aromatic rings. The molecule has 0 aliphatic carbocycles. The van der Waals surface area contributed by atoms with Crippen LogP contribution >= 0.6 is 0 Å². The van der Waals surface area contributed by atoms with E-state index in [2.05, 4.69) is 10.2 Å². The summed E-state index contributed by atoms with van der Waals surface area (Å²) in [6.45, 7) is 3.44. The second-order valence-electron chi connectivity index (χ2n) is 6.84. The molecule has 0 aliphatic heterocycles. The van der Waals surface area contributed by atoms with Crippen molar-refractivity contribution in [2.45, 2.75) is 19.6 Å². The predicted molar refractivity (Wildman–Crippen MR) is 113 cm³/mol. The molecule has 0 fully saturated rings. The van der Waals surface area contributed by atoms with E-state index in [0.717, 1.165) is 35.5 Å². The average molecular weight is 377 g/mol. The molecule has 0 bridgehead atoms. The van der Waals surface area contributed by atoms with Gasteiger partial charge in [-0.3, -0.25) is 4.90 Å². The van der Waals surface area contributed by atoms with Crippen molar-refractivity contribution in [2.75, 3.05) is 18.8 Å². The van der Waals surface area contributed by atoms with Crippen LogP contribution in [0.4, 0.5) is 5.69 Å². The standard InChI is InChI=1S/C23H27N3O2/c24-21-10-4-1-8-19(21)16-26(17-20-9-3-6-12-23(20)28)14-13-25-15-18-7-2-5-11-22(18)27/h1-12,25,27-28H,13-17,24H2. The molecule has 5 N–H and O–H groups in total.